The number of ketones is 1. The standard InChI is InChI=1S/C10H9NO3/c12-9-6-3-1-2-4-8(6)11-5-7(9)10(13)14/h1-4,7,11H,5H2,(H,13,14)/p-1. The lowest BCUT2D eigenvalue weighted by Gasteiger charge is -2.25. The van der Waals surface area contributed by atoms with Gasteiger partial charge in [0.15, 0.2) is 5.78 Å². The maximum Gasteiger partial charge on any atom is 0.175 e. The monoisotopic (exact) mass is 190 g/mol. The number of carboxylic acids is 1. The molecule has 1 aliphatic heterocycles. The third-order valence-electron chi connectivity index (χ3n) is 2.29. The van der Waals surface area contributed by atoms with Crippen molar-refractivity contribution in [2.75, 3.05) is 11.9 Å². The van der Waals surface area contributed by atoms with Gasteiger partial charge < -0.3 is 15.2 Å². The first-order valence-corrected chi connectivity index (χ1v) is 4.28. The minimum atomic E-state index is -1.32. The Morgan fingerprint density at radius 1 is 1.43 bits per heavy atom. The number of hydrogen-bond donors (Lipinski definition) is 1. The highest BCUT2D eigenvalue weighted by Crippen LogP contribution is 2.23. The van der Waals surface area contributed by atoms with Crippen LogP contribution < -0.4 is 10.4 Å². The van der Waals surface area contributed by atoms with Crippen molar-refractivity contribution in [3.63, 3.8) is 0 Å². The lowest BCUT2D eigenvalue weighted by molar-refractivity contribution is -0.308. The van der Waals surface area contributed by atoms with Gasteiger partial charge in [0.2, 0.25) is 0 Å². The number of fused-ring (bicyclic) bond motifs is 1. The average molecular weight is 190 g/mol. The molecule has 0 spiro atoms. The van der Waals surface area contributed by atoms with Gasteiger partial charge in [-0.05, 0) is 12.1 Å². The van der Waals surface area contributed by atoms with Gasteiger partial charge in [-0.3, -0.25) is 4.79 Å². The van der Waals surface area contributed by atoms with Crippen LogP contribution in [0.25, 0.3) is 0 Å². The number of hydrogen-bond acceptors (Lipinski definition) is 4. The Balaban J connectivity index is 2.41. The summed E-state index contributed by atoms with van der Waals surface area (Å²) in [6, 6.07) is 6.85. The molecular weight excluding hydrogens is 182 g/mol. The molecule has 0 aliphatic carbocycles. The van der Waals surface area contributed by atoms with E-state index in [2.05, 4.69) is 5.32 Å². The number of nitrogens with one attached hydrogen (secondary N) is 1. The van der Waals surface area contributed by atoms with Gasteiger partial charge in [0.1, 0.15) is 0 Å². The highest BCUT2D eigenvalue weighted by Gasteiger charge is 2.27. The molecule has 1 N–H and O–H groups in total. The van der Waals surface area contributed by atoms with Crippen LogP contribution in [0.1, 0.15) is 10.4 Å². The van der Waals surface area contributed by atoms with Gasteiger partial charge in [0.05, 0.1) is 11.9 Å². The minimum Gasteiger partial charge on any atom is -0.549 e. The molecule has 4 nitrogen and oxygen atoms in total. The second kappa shape index (κ2) is 3.14. The van der Waals surface area contributed by atoms with Crippen molar-refractivity contribution >= 4 is 17.4 Å². The van der Waals surface area contributed by atoms with Gasteiger partial charge in [0.25, 0.3) is 0 Å². The van der Waals surface area contributed by atoms with Crippen LogP contribution in [-0.2, 0) is 4.79 Å². The summed E-state index contributed by atoms with van der Waals surface area (Å²) in [5, 5.41) is 13.5. The van der Waals surface area contributed by atoms with Gasteiger partial charge in [-0.1, -0.05) is 12.1 Å². The van der Waals surface area contributed by atoms with Crippen LogP contribution in [0.3, 0.4) is 0 Å². The molecule has 0 radical (unpaired) electrons. The van der Waals surface area contributed by atoms with Crippen LogP contribution >= 0.6 is 0 Å². The zero-order valence-corrected chi connectivity index (χ0v) is 7.32. The number of carboxylic acid groups (broad SMARTS) is 1. The van der Waals surface area contributed by atoms with Gasteiger partial charge in [-0.2, -0.15) is 0 Å². The molecule has 4 heteroatoms. The fraction of sp³-hybridized carbons (Fsp3) is 0.200. The first-order valence-electron chi connectivity index (χ1n) is 4.28. The molecule has 72 valence electrons. The molecule has 0 saturated heterocycles. The smallest absolute Gasteiger partial charge is 0.175 e. The number of rotatable bonds is 1. The van der Waals surface area contributed by atoms with E-state index in [1.807, 2.05) is 0 Å². The normalized spacial score (nSPS) is 19.7. The van der Waals surface area contributed by atoms with E-state index in [1.165, 1.54) is 0 Å². The fourth-order valence-corrected chi connectivity index (χ4v) is 1.53. The summed E-state index contributed by atoms with van der Waals surface area (Å²) in [5.41, 5.74) is 1.11. The van der Waals surface area contributed by atoms with E-state index < -0.39 is 11.9 Å². The number of para-hydroxylation sites is 1. The molecule has 1 aromatic carbocycles. The lowest BCUT2D eigenvalue weighted by Crippen LogP contribution is -2.43. The Kier molecular flexibility index (Phi) is 1.96. The van der Waals surface area contributed by atoms with Crippen molar-refractivity contribution in [3.8, 4) is 0 Å². The number of carbonyl (C=O) groups excluding carboxylic acids is 2. The summed E-state index contributed by atoms with van der Waals surface area (Å²) in [6.07, 6.45) is 0. The molecule has 1 aliphatic rings. The molecule has 0 aromatic heterocycles. The number of anilines is 1. The topological polar surface area (TPSA) is 69.2 Å². The fourth-order valence-electron chi connectivity index (χ4n) is 1.53. The van der Waals surface area contributed by atoms with Crippen molar-refractivity contribution in [1.29, 1.82) is 0 Å². The van der Waals surface area contributed by atoms with Gasteiger partial charge >= 0.3 is 0 Å². The van der Waals surface area contributed by atoms with E-state index in [-0.39, 0.29) is 12.3 Å². The first kappa shape index (κ1) is 8.74. The van der Waals surface area contributed by atoms with Crippen molar-refractivity contribution < 1.29 is 14.7 Å². The third-order valence-corrected chi connectivity index (χ3v) is 2.29. The maximum atomic E-state index is 11.6. The van der Waals surface area contributed by atoms with Crippen LogP contribution in [0.5, 0.6) is 0 Å². The Bertz CT molecular complexity index is 400. The van der Waals surface area contributed by atoms with Crippen LogP contribution in [0, 0.1) is 5.92 Å². The SMILES string of the molecule is O=C([O-])C1CNc2ccccc2C1=O. The van der Waals surface area contributed by atoms with E-state index in [1.54, 1.807) is 24.3 Å². The third kappa shape index (κ3) is 1.25. The van der Waals surface area contributed by atoms with E-state index in [0.717, 1.165) is 0 Å². The zero-order valence-electron chi connectivity index (χ0n) is 7.32. The molecular formula is C10H8NO3-. The maximum absolute atomic E-state index is 11.6. The molecule has 1 heterocycles. The summed E-state index contributed by atoms with van der Waals surface area (Å²) in [4.78, 5) is 22.2. The molecule has 14 heavy (non-hydrogen) atoms. The molecule has 0 bridgehead atoms. The molecule has 0 amide bonds. The summed E-state index contributed by atoms with van der Waals surface area (Å²) >= 11 is 0. The Hall–Kier alpha value is -1.84. The zero-order chi connectivity index (χ0) is 10.1. The number of aliphatic carboxylic acids is 1. The number of benzene rings is 1. The van der Waals surface area contributed by atoms with Crippen LogP contribution in [0.2, 0.25) is 0 Å². The molecule has 1 atom stereocenters. The summed E-state index contributed by atoms with van der Waals surface area (Å²) in [5.74, 6) is -2.76. The predicted octanol–water partition coefficient (Wildman–Crippen LogP) is -0.339. The molecule has 0 fully saturated rings. The van der Waals surface area contributed by atoms with E-state index in [9.17, 15) is 14.7 Å². The van der Waals surface area contributed by atoms with E-state index >= 15 is 0 Å². The van der Waals surface area contributed by atoms with Gasteiger partial charge in [-0.25, -0.2) is 0 Å². The summed E-state index contributed by atoms with van der Waals surface area (Å²) < 4.78 is 0. The second-order valence-corrected chi connectivity index (χ2v) is 3.16. The van der Waals surface area contributed by atoms with Crippen LogP contribution in [0.15, 0.2) is 24.3 Å². The average Bonchev–Trinajstić information content (AvgIpc) is 2.18. The highest BCUT2D eigenvalue weighted by molar-refractivity contribution is 6.12. The number of Topliss-reactive ketones (excluding diaryl/α,β-unsaturated/α-hetero) is 1. The van der Waals surface area contributed by atoms with Crippen molar-refractivity contribution in [1.82, 2.24) is 0 Å². The number of carbonyl (C=O) groups is 2. The van der Waals surface area contributed by atoms with Crippen molar-refractivity contribution in [3.05, 3.63) is 29.8 Å². The molecule has 0 saturated carbocycles. The van der Waals surface area contributed by atoms with Crippen LogP contribution in [0.4, 0.5) is 5.69 Å². The molecule has 1 unspecified atom stereocenters. The van der Waals surface area contributed by atoms with Crippen molar-refractivity contribution in [2.24, 2.45) is 5.92 Å². The quantitative estimate of drug-likeness (QED) is 0.615. The minimum absolute atomic E-state index is 0.109. The van der Waals surface area contributed by atoms with Gasteiger partial charge in [-0.15, -0.1) is 0 Å². The van der Waals surface area contributed by atoms with Gasteiger partial charge in [0, 0.05) is 17.8 Å². The summed E-state index contributed by atoms with van der Waals surface area (Å²) in [6.45, 7) is 0.109. The Labute approximate surface area is 80.6 Å². The Morgan fingerprint density at radius 2 is 2.14 bits per heavy atom. The Morgan fingerprint density at radius 3 is 2.86 bits per heavy atom. The summed E-state index contributed by atoms with van der Waals surface area (Å²) in [7, 11) is 0. The highest BCUT2D eigenvalue weighted by atomic mass is 16.4. The molecule has 1 aromatic rings. The predicted molar refractivity (Wildman–Crippen MR) is 47.8 cm³/mol. The van der Waals surface area contributed by atoms with Crippen LogP contribution in [-0.4, -0.2) is 18.3 Å². The van der Waals surface area contributed by atoms with E-state index in [4.69, 9.17) is 0 Å². The second-order valence-electron chi connectivity index (χ2n) is 3.16. The largest absolute Gasteiger partial charge is 0.549 e. The first-order chi connectivity index (χ1) is 6.70. The van der Waals surface area contributed by atoms with E-state index in [0.29, 0.717) is 11.3 Å². The van der Waals surface area contributed by atoms with Crippen molar-refractivity contribution in [2.45, 2.75) is 0 Å². The lowest BCUT2D eigenvalue weighted by atomic mass is 9.93. The molecule has 2 rings (SSSR count).